The molecule has 2 atom stereocenters. The highest BCUT2D eigenvalue weighted by Crippen LogP contribution is 2.70. The molecule has 1 heterocycles. The number of hydrogen-bond donors (Lipinski definition) is 1. The summed E-state index contributed by atoms with van der Waals surface area (Å²) in [6, 6.07) is 14.3. The Kier molecular flexibility index (Phi) is 6.04. The number of ether oxygens (including phenoxy) is 2. The van der Waals surface area contributed by atoms with E-state index in [0.717, 1.165) is 5.56 Å². The van der Waals surface area contributed by atoms with Crippen molar-refractivity contribution in [1.29, 1.82) is 0 Å². The predicted molar refractivity (Wildman–Crippen MR) is 124 cm³/mol. The van der Waals surface area contributed by atoms with E-state index in [4.69, 9.17) is 9.47 Å². The molecule has 1 saturated heterocycles. The molecule has 34 heavy (non-hydrogen) atoms. The third kappa shape index (κ3) is 4.45. The molecule has 0 aromatic heterocycles. The van der Waals surface area contributed by atoms with Gasteiger partial charge in [-0.2, -0.15) is 0 Å². The largest absolute Gasteiger partial charge is 0.444 e. The van der Waals surface area contributed by atoms with E-state index in [-0.39, 0.29) is 26.1 Å². The minimum atomic E-state index is -2.92. The van der Waals surface area contributed by atoms with Crippen molar-refractivity contribution in [2.75, 3.05) is 18.4 Å². The SMILES string of the molecule is Cc1cc(C23CCN(C(=O)OC(C)(C)C)CC2C3(F)F)ccc1NC(=O)OCc1ccccc1. The second kappa shape index (κ2) is 8.56. The van der Waals surface area contributed by atoms with Crippen molar-refractivity contribution in [1.82, 2.24) is 4.90 Å². The van der Waals surface area contributed by atoms with Gasteiger partial charge < -0.3 is 14.4 Å². The molecule has 8 heteroatoms. The van der Waals surface area contributed by atoms with Gasteiger partial charge in [0.05, 0.1) is 11.3 Å². The fourth-order valence-corrected chi connectivity index (χ4v) is 4.75. The van der Waals surface area contributed by atoms with Crippen LogP contribution >= 0.6 is 0 Å². The van der Waals surface area contributed by atoms with Gasteiger partial charge in [0.2, 0.25) is 0 Å². The van der Waals surface area contributed by atoms with Crippen LogP contribution < -0.4 is 5.32 Å². The van der Waals surface area contributed by atoms with Gasteiger partial charge in [-0.25, -0.2) is 18.4 Å². The van der Waals surface area contributed by atoms with Gasteiger partial charge in [-0.1, -0.05) is 42.5 Å². The zero-order chi connectivity index (χ0) is 24.7. The molecular weight excluding hydrogens is 442 g/mol. The van der Waals surface area contributed by atoms with Gasteiger partial charge in [0.15, 0.2) is 0 Å². The Bertz CT molecular complexity index is 1080. The Labute approximate surface area is 198 Å². The lowest BCUT2D eigenvalue weighted by atomic mass is 9.86. The Morgan fingerprint density at radius 1 is 1.15 bits per heavy atom. The molecule has 1 N–H and O–H groups in total. The number of hydrogen-bond acceptors (Lipinski definition) is 4. The van der Waals surface area contributed by atoms with Gasteiger partial charge in [-0.3, -0.25) is 5.32 Å². The summed E-state index contributed by atoms with van der Waals surface area (Å²) in [5.41, 5.74) is 0.572. The first kappa shape index (κ1) is 24.0. The quantitative estimate of drug-likeness (QED) is 0.603. The van der Waals surface area contributed by atoms with E-state index in [0.29, 0.717) is 16.8 Å². The number of rotatable bonds is 4. The van der Waals surface area contributed by atoms with Crippen molar-refractivity contribution < 1.29 is 27.8 Å². The molecule has 2 amide bonds. The summed E-state index contributed by atoms with van der Waals surface area (Å²) in [4.78, 5) is 26.0. The van der Waals surface area contributed by atoms with Crippen molar-refractivity contribution in [3.63, 3.8) is 0 Å². The molecular formula is C26H30F2N2O4. The molecule has 0 bridgehead atoms. The standard InChI is InChI=1S/C26H30F2N2O4/c1-17-14-19(10-11-20(17)29-22(31)33-16-18-8-6-5-7-9-18)25-12-13-30(15-21(25)26(25,27)28)23(32)34-24(2,3)4/h5-11,14,21H,12-13,15-16H2,1-4H3,(H,29,31). The molecule has 182 valence electrons. The van der Waals surface area contributed by atoms with E-state index in [1.54, 1.807) is 45.9 Å². The van der Waals surface area contributed by atoms with Crippen LogP contribution in [0.4, 0.5) is 24.1 Å². The number of nitrogens with one attached hydrogen (secondary N) is 1. The number of benzene rings is 2. The maximum absolute atomic E-state index is 15.1. The van der Waals surface area contributed by atoms with Crippen LogP contribution in [0.5, 0.6) is 0 Å². The molecule has 1 aliphatic heterocycles. The van der Waals surface area contributed by atoms with Crippen LogP contribution in [0.15, 0.2) is 48.5 Å². The topological polar surface area (TPSA) is 67.9 Å². The number of anilines is 1. The van der Waals surface area contributed by atoms with Gasteiger partial charge in [0, 0.05) is 18.8 Å². The zero-order valence-electron chi connectivity index (χ0n) is 19.9. The molecule has 4 rings (SSSR count). The molecule has 1 aliphatic carbocycles. The number of piperidine rings is 1. The number of halogens is 2. The van der Waals surface area contributed by atoms with E-state index in [1.165, 1.54) is 4.90 Å². The van der Waals surface area contributed by atoms with Gasteiger partial charge in [0.1, 0.15) is 12.2 Å². The van der Waals surface area contributed by atoms with E-state index >= 15 is 8.78 Å². The lowest BCUT2D eigenvalue weighted by molar-refractivity contribution is 0.0195. The van der Waals surface area contributed by atoms with Gasteiger partial charge >= 0.3 is 12.2 Å². The number of carbonyl (C=O) groups is 2. The maximum atomic E-state index is 15.1. The lowest BCUT2D eigenvalue weighted by Crippen LogP contribution is -2.43. The number of alkyl halides is 2. The lowest BCUT2D eigenvalue weighted by Gasteiger charge is -2.32. The second-order valence-corrected chi connectivity index (χ2v) is 10.0. The minimum absolute atomic E-state index is 0.0488. The van der Waals surface area contributed by atoms with Crippen LogP contribution in [0.1, 0.15) is 43.9 Å². The molecule has 0 spiro atoms. The molecule has 1 saturated carbocycles. The van der Waals surface area contributed by atoms with E-state index in [9.17, 15) is 9.59 Å². The highest BCUT2D eigenvalue weighted by atomic mass is 19.3. The van der Waals surface area contributed by atoms with Crippen LogP contribution in [0, 0.1) is 12.8 Å². The summed E-state index contributed by atoms with van der Waals surface area (Å²) in [5.74, 6) is -3.88. The molecule has 2 unspecified atom stereocenters. The Morgan fingerprint density at radius 3 is 2.47 bits per heavy atom. The highest BCUT2D eigenvalue weighted by Gasteiger charge is 2.82. The number of likely N-dealkylation sites (tertiary alicyclic amines) is 1. The van der Waals surface area contributed by atoms with Gasteiger partial charge in [-0.15, -0.1) is 0 Å². The number of fused-ring (bicyclic) bond motifs is 1. The average Bonchev–Trinajstić information content (AvgIpc) is 3.28. The first-order chi connectivity index (χ1) is 15.9. The summed E-state index contributed by atoms with van der Waals surface area (Å²) >= 11 is 0. The molecule has 6 nitrogen and oxygen atoms in total. The maximum Gasteiger partial charge on any atom is 0.411 e. The third-order valence-corrected chi connectivity index (χ3v) is 6.57. The van der Waals surface area contributed by atoms with Crippen molar-refractivity contribution in [2.24, 2.45) is 5.92 Å². The molecule has 0 radical (unpaired) electrons. The Balaban J connectivity index is 1.42. The normalized spacial score (nSPS) is 23.0. The van der Waals surface area contributed by atoms with Crippen LogP contribution in [0.2, 0.25) is 0 Å². The zero-order valence-corrected chi connectivity index (χ0v) is 19.9. The van der Waals surface area contributed by atoms with Crippen molar-refractivity contribution in [3.8, 4) is 0 Å². The first-order valence-corrected chi connectivity index (χ1v) is 11.4. The molecule has 2 fully saturated rings. The molecule has 2 aliphatic rings. The number of nitrogens with zero attached hydrogens (tertiary/aromatic N) is 1. The third-order valence-electron chi connectivity index (χ3n) is 6.57. The second-order valence-electron chi connectivity index (χ2n) is 10.0. The Morgan fingerprint density at radius 2 is 1.85 bits per heavy atom. The van der Waals surface area contributed by atoms with Gasteiger partial charge in [0.25, 0.3) is 5.92 Å². The van der Waals surface area contributed by atoms with Crippen LogP contribution in [0.25, 0.3) is 0 Å². The van der Waals surface area contributed by atoms with Crippen molar-refractivity contribution in [2.45, 2.75) is 57.7 Å². The van der Waals surface area contributed by atoms with Gasteiger partial charge in [-0.05, 0) is 56.9 Å². The summed E-state index contributed by atoms with van der Waals surface area (Å²) in [6.07, 6.45) is -1.03. The Hall–Kier alpha value is -3.16. The monoisotopic (exact) mass is 472 g/mol. The summed E-state index contributed by atoms with van der Waals surface area (Å²) in [6.45, 7) is 7.30. The highest BCUT2D eigenvalue weighted by molar-refractivity contribution is 5.85. The van der Waals surface area contributed by atoms with Crippen LogP contribution in [0.3, 0.4) is 0 Å². The van der Waals surface area contributed by atoms with Crippen LogP contribution in [-0.2, 0) is 21.5 Å². The predicted octanol–water partition coefficient (Wildman–Crippen LogP) is 5.89. The van der Waals surface area contributed by atoms with E-state index < -0.39 is 35.0 Å². The average molecular weight is 473 g/mol. The smallest absolute Gasteiger partial charge is 0.411 e. The van der Waals surface area contributed by atoms with Crippen molar-refractivity contribution in [3.05, 3.63) is 65.2 Å². The van der Waals surface area contributed by atoms with Crippen molar-refractivity contribution >= 4 is 17.9 Å². The summed E-state index contributed by atoms with van der Waals surface area (Å²) in [7, 11) is 0. The number of carbonyl (C=O) groups excluding carboxylic acids is 2. The van der Waals surface area contributed by atoms with E-state index in [2.05, 4.69) is 5.32 Å². The van der Waals surface area contributed by atoms with E-state index in [1.807, 2.05) is 30.3 Å². The number of aryl methyl sites for hydroxylation is 1. The minimum Gasteiger partial charge on any atom is -0.444 e. The number of amides is 2. The summed E-state index contributed by atoms with van der Waals surface area (Å²) in [5, 5.41) is 2.68. The molecule has 2 aromatic rings. The fraction of sp³-hybridized carbons (Fsp3) is 0.462. The summed E-state index contributed by atoms with van der Waals surface area (Å²) < 4.78 is 40.7. The van der Waals surface area contributed by atoms with Crippen LogP contribution in [-0.4, -0.2) is 41.7 Å². The first-order valence-electron chi connectivity index (χ1n) is 11.4. The fourth-order valence-electron chi connectivity index (χ4n) is 4.75. The molecule has 2 aromatic carbocycles.